The summed E-state index contributed by atoms with van der Waals surface area (Å²) >= 11 is 7.55. The maximum atomic E-state index is 5.98. The molecular formula is C14H14ClN5S. The van der Waals surface area contributed by atoms with E-state index in [2.05, 4.69) is 20.3 Å². The van der Waals surface area contributed by atoms with Gasteiger partial charge < -0.3 is 4.90 Å². The Kier molecular flexibility index (Phi) is 3.92. The summed E-state index contributed by atoms with van der Waals surface area (Å²) in [5.41, 5.74) is 3.37. The van der Waals surface area contributed by atoms with Crippen LogP contribution in [0.5, 0.6) is 0 Å². The van der Waals surface area contributed by atoms with E-state index in [0.29, 0.717) is 5.95 Å². The van der Waals surface area contributed by atoms with Crippen LogP contribution in [-0.2, 0) is 6.54 Å². The van der Waals surface area contributed by atoms with Crippen LogP contribution >= 0.6 is 22.9 Å². The first kappa shape index (κ1) is 14.1. The molecule has 0 saturated carbocycles. The minimum atomic E-state index is 0.403. The number of hydrazine groups is 1. The molecular weight excluding hydrogens is 306 g/mol. The third-order valence-corrected chi connectivity index (χ3v) is 4.31. The van der Waals surface area contributed by atoms with Crippen LogP contribution in [-0.4, -0.2) is 17.0 Å². The second-order valence-electron chi connectivity index (χ2n) is 4.59. The summed E-state index contributed by atoms with van der Waals surface area (Å²) in [5, 5.41) is 0.988. The van der Waals surface area contributed by atoms with Crippen LogP contribution in [0.1, 0.15) is 4.88 Å². The maximum Gasteiger partial charge on any atom is 0.239 e. The van der Waals surface area contributed by atoms with Crippen LogP contribution in [0.4, 0.5) is 11.8 Å². The average Bonchev–Trinajstić information content (AvgIpc) is 2.91. The molecule has 0 saturated heterocycles. The van der Waals surface area contributed by atoms with Crippen molar-refractivity contribution in [2.75, 3.05) is 17.4 Å². The van der Waals surface area contributed by atoms with E-state index in [0.717, 1.165) is 27.6 Å². The molecule has 0 aliphatic rings. The van der Waals surface area contributed by atoms with E-state index in [1.54, 1.807) is 11.3 Å². The minimum absolute atomic E-state index is 0.403. The summed E-state index contributed by atoms with van der Waals surface area (Å²) in [7, 11) is 1.99. The zero-order valence-electron chi connectivity index (χ0n) is 11.4. The number of nitrogens with one attached hydrogen (secondary N) is 1. The molecule has 3 aromatic rings. The normalized spacial score (nSPS) is 10.8. The van der Waals surface area contributed by atoms with Crippen LogP contribution in [0.3, 0.4) is 0 Å². The topological polar surface area (TPSA) is 67.1 Å². The molecule has 5 nitrogen and oxygen atoms in total. The van der Waals surface area contributed by atoms with Crippen molar-refractivity contribution in [3.63, 3.8) is 0 Å². The van der Waals surface area contributed by atoms with Gasteiger partial charge in [-0.25, -0.2) is 10.8 Å². The first-order valence-corrected chi connectivity index (χ1v) is 7.55. The standard InChI is InChI=1S/C14H14ClN5S/c1-20(8-9-6-7-12(15)21-9)13-10-4-2-3-5-11(10)17-14(18-13)19-16/h2-7H,8,16H2,1H3,(H,17,18,19). The van der Waals surface area contributed by atoms with Crippen molar-refractivity contribution in [3.8, 4) is 0 Å². The Labute approximate surface area is 131 Å². The molecule has 1 aromatic carbocycles. The van der Waals surface area contributed by atoms with Gasteiger partial charge in [0.1, 0.15) is 5.82 Å². The second kappa shape index (κ2) is 5.85. The van der Waals surface area contributed by atoms with Gasteiger partial charge in [0.25, 0.3) is 0 Å². The third kappa shape index (κ3) is 2.92. The monoisotopic (exact) mass is 319 g/mol. The first-order valence-electron chi connectivity index (χ1n) is 6.36. The molecule has 0 amide bonds. The fraction of sp³-hybridized carbons (Fsp3) is 0.143. The SMILES string of the molecule is CN(Cc1ccc(Cl)s1)c1nc(NN)nc2ccccc12. The van der Waals surface area contributed by atoms with Crippen molar-refractivity contribution in [2.45, 2.75) is 6.54 Å². The largest absolute Gasteiger partial charge is 0.354 e. The molecule has 2 aromatic heterocycles. The molecule has 0 atom stereocenters. The molecule has 7 heteroatoms. The minimum Gasteiger partial charge on any atom is -0.354 e. The Hall–Kier alpha value is -1.89. The number of nitrogens with two attached hydrogens (primary N) is 1. The molecule has 0 fully saturated rings. The number of rotatable bonds is 4. The van der Waals surface area contributed by atoms with E-state index in [4.69, 9.17) is 17.4 Å². The van der Waals surface area contributed by atoms with Crippen LogP contribution in [0.2, 0.25) is 4.34 Å². The number of anilines is 2. The molecule has 0 aliphatic heterocycles. The number of benzene rings is 1. The number of thiophene rings is 1. The average molecular weight is 320 g/mol. The van der Waals surface area contributed by atoms with Crippen molar-refractivity contribution in [1.29, 1.82) is 0 Å². The number of hydrogen-bond donors (Lipinski definition) is 2. The van der Waals surface area contributed by atoms with Crippen molar-refractivity contribution in [1.82, 2.24) is 9.97 Å². The van der Waals surface area contributed by atoms with Gasteiger partial charge in [-0.1, -0.05) is 23.7 Å². The molecule has 0 bridgehead atoms. The number of halogens is 1. The highest BCUT2D eigenvalue weighted by Crippen LogP contribution is 2.28. The van der Waals surface area contributed by atoms with E-state index in [1.165, 1.54) is 4.88 Å². The molecule has 3 rings (SSSR count). The summed E-state index contributed by atoms with van der Waals surface area (Å²) in [6.07, 6.45) is 0. The predicted octanol–water partition coefficient (Wildman–Crippen LogP) is 3.27. The summed E-state index contributed by atoms with van der Waals surface area (Å²) in [5.74, 6) is 6.69. The molecule has 108 valence electrons. The number of aromatic nitrogens is 2. The van der Waals surface area contributed by atoms with E-state index in [1.807, 2.05) is 43.4 Å². The highest BCUT2D eigenvalue weighted by molar-refractivity contribution is 7.16. The van der Waals surface area contributed by atoms with Gasteiger partial charge in [-0.05, 0) is 24.3 Å². The van der Waals surface area contributed by atoms with E-state index in [-0.39, 0.29) is 0 Å². The lowest BCUT2D eigenvalue weighted by Gasteiger charge is -2.19. The number of fused-ring (bicyclic) bond motifs is 1. The first-order chi connectivity index (χ1) is 10.2. The van der Waals surface area contributed by atoms with Crippen molar-refractivity contribution in [3.05, 3.63) is 45.6 Å². The second-order valence-corrected chi connectivity index (χ2v) is 6.39. The molecule has 3 N–H and O–H groups in total. The van der Waals surface area contributed by atoms with Crippen LogP contribution in [0.15, 0.2) is 36.4 Å². The molecule has 21 heavy (non-hydrogen) atoms. The van der Waals surface area contributed by atoms with Crippen molar-refractivity contribution in [2.24, 2.45) is 5.84 Å². The Morgan fingerprint density at radius 2 is 2.05 bits per heavy atom. The third-order valence-electron chi connectivity index (χ3n) is 3.10. The molecule has 0 aliphatic carbocycles. The molecule has 0 unspecified atom stereocenters. The van der Waals surface area contributed by atoms with Crippen LogP contribution in [0.25, 0.3) is 10.9 Å². The Morgan fingerprint density at radius 3 is 2.76 bits per heavy atom. The van der Waals surface area contributed by atoms with Crippen LogP contribution < -0.4 is 16.2 Å². The zero-order chi connectivity index (χ0) is 14.8. The number of hydrogen-bond acceptors (Lipinski definition) is 6. The summed E-state index contributed by atoms with van der Waals surface area (Å²) < 4.78 is 0.787. The summed E-state index contributed by atoms with van der Waals surface area (Å²) in [4.78, 5) is 12.1. The highest BCUT2D eigenvalue weighted by Gasteiger charge is 2.12. The van der Waals surface area contributed by atoms with Crippen LogP contribution in [0, 0.1) is 0 Å². The van der Waals surface area contributed by atoms with Crippen molar-refractivity contribution >= 4 is 45.6 Å². The lowest BCUT2D eigenvalue weighted by Crippen LogP contribution is -2.19. The fourth-order valence-corrected chi connectivity index (χ4v) is 3.30. The summed E-state index contributed by atoms with van der Waals surface area (Å²) in [6, 6.07) is 11.8. The lowest BCUT2D eigenvalue weighted by molar-refractivity contribution is 0.914. The smallest absolute Gasteiger partial charge is 0.239 e. The molecule has 0 spiro atoms. The number of para-hydroxylation sites is 1. The van der Waals surface area contributed by atoms with Gasteiger partial charge in [0.15, 0.2) is 0 Å². The van der Waals surface area contributed by atoms with Gasteiger partial charge in [0, 0.05) is 17.3 Å². The van der Waals surface area contributed by atoms with Gasteiger partial charge in [0.05, 0.1) is 16.4 Å². The predicted molar refractivity (Wildman–Crippen MR) is 88.8 cm³/mol. The van der Waals surface area contributed by atoms with Gasteiger partial charge in [0.2, 0.25) is 5.95 Å². The fourth-order valence-electron chi connectivity index (χ4n) is 2.16. The molecule has 2 heterocycles. The Bertz CT molecular complexity index is 773. The maximum absolute atomic E-state index is 5.98. The summed E-state index contributed by atoms with van der Waals surface area (Å²) in [6.45, 7) is 0.725. The van der Waals surface area contributed by atoms with Crippen molar-refractivity contribution < 1.29 is 0 Å². The Balaban J connectivity index is 2.01. The van der Waals surface area contributed by atoms with Gasteiger partial charge in [-0.15, -0.1) is 11.3 Å². The van der Waals surface area contributed by atoms with Gasteiger partial charge in [-0.3, -0.25) is 5.43 Å². The van der Waals surface area contributed by atoms with Gasteiger partial charge >= 0.3 is 0 Å². The zero-order valence-corrected chi connectivity index (χ0v) is 12.9. The number of nitrogens with zero attached hydrogens (tertiary/aromatic N) is 3. The van der Waals surface area contributed by atoms with E-state index in [9.17, 15) is 0 Å². The van der Waals surface area contributed by atoms with E-state index < -0.39 is 0 Å². The van der Waals surface area contributed by atoms with Gasteiger partial charge in [-0.2, -0.15) is 4.98 Å². The lowest BCUT2D eigenvalue weighted by atomic mass is 10.2. The number of nitrogen functional groups attached to an aromatic ring is 1. The molecule has 0 radical (unpaired) electrons. The quantitative estimate of drug-likeness (QED) is 0.570. The highest BCUT2D eigenvalue weighted by atomic mass is 35.5. The van der Waals surface area contributed by atoms with E-state index >= 15 is 0 Å². The Morgan fingerprint density at radius 1 is 1.24 bits per heavy atom.